The summed E-state index contributed by atoms with van der Waals surface area (Å²) in [7, 11) is 0. The van der Waals surface area contributed by atoms with Gasteiger partial charge in [-0.2, -0.15) is 11.8 Å². The average molecular weight is 242 g/mol. The number of thioether (sulfide) groups is 1. The Kier molecular flexibility index (Phi) is 4.98. The molecule has 0 bridgehead atoms. The lowest BCUT2D eigenvalue weighted by Crippen LogP contribution is -2.46. The van der Waals surface area contributed by atoms with Crippen molar-refractivity contribution in [1.82, 2.24) is 4.90 Å². The van der Waals surface area contributed by atoms with Gasteiger partial charge in [-0.25, -0.2) is 0 Å². The van der Waals surface area contributed by atoms with Crippen molar-refractivity contribution in [2.45, 2.75) is 51.1 Å². The predicted molar refractivity (Wildman–Crippen MR) is 72.9 cm³/mol. The molecular formula is C13H26N2S. The zero-order valence-electron chi connectivity index (χ0n) is 10.5. The van der Waals surface area contributed by atoms with E-state index >= 15 is 0 Å². The van der Waals surface area contributed by atoms with Crippen molar-refractivity contribution in [3.63, 3.8) is 0 Å². The van der Waals surface area contributed by atoms with Gasteiger partial charge < -0.3 is 5.73 Å². The van der Waals surface area contributed by atoms with Crippen molar-refractivity contribution < 1.29 is 0 Å². The summed E-state index contributed by atoms with van der Waals surface area (Å²) in [5, 5.41) is 0. The second-order valence-electron chi connectivity index (χ2n) is 5.48. The number of nitrogens with zero attached hydrogens (tertiary/aromatic N) is 1. The van der Waals surface area contributed by atoms with Gasteiger partial charge in [0.25, 0.3) is 0 Å². The highest BCUT2D eigenvalue weighted by molar-refractivity contribution is 7.99. The molecule has 0 radical (unpaired) electrons. The fraction of sp³-hybridized carbons (Fsp3) is 1.00. The van der Waals surface area contributed by atoms with Gasteiger partial charge in [0.05, 0.1) is 0 Å². The summed E-state index contributed by atoms with van der Waals surface area (Å²) in [6.45, 7) is 4.90. The van der Waals surface area contributed by atoms with Crippen LogP contribution in [0, 0.1) is 5.92 Å². The summed E-state index contributed by atoms with van der Waals surface area (Å²) in [5.74, 6) is 3.38. The quantitative estimate of drug-likeness (QED) is 0.754. The summed E-state index contributed by atoms with van der Waals surface area (Å²) in [6, 6.07) is 1.22. The van der Waals surface area contributed by atoms with E-state index in [4.69, 9.17) is 5.73 Å². The second-order valence-corrected chi connectivity index (χ2v) is 6.63. The normalized spacial score (nSPS) is 38.2. The number of hydrogen-bond donors (Lipinski definition) is 1. The molecule has 3 heteroatoms. The van der Waals surface area contributed by atoms with Gasteiger partial charge in [0.15, 0.2) is 0 Å². The van der Waals surface area contributed by atoms with Crippen molar-refractivity contribution >= 4 is 11.8 Å². The Morgan fingerprint density at radius 1 is 1.25 bits per heavy atom. The van der Waals surface area contributed by atoms with Crippen LogP contribution in [-0.2, 0) is 0 Å². The van der Waals surface area contributed by atoms with Crippen molar-refractivity contribution in [2.24, 2.45) is 11.7 Å². The maximum absolute atomic E-state index is 6.31. The molecule has 1 aliphatic carbocycles. The van der Waals surface area contributed by atoms with Crippen molar-refractivity contribution in [3.8, 4) is 0 Å². The van der Waals surface area contributed by atoms with E-state index in [9.17, 15) is 0 Å². The van der Waals surface area contributed by atoms with E-state index in [0.717, 1.165) is 12.0 Å². The molecule has 94 valence electrons. The van der Waals surface area contributed by atoms with Gasteiger partial charge in [0.1, 0.15) is 0 Å². The lowest BCUT2D eigenvalue weighted by atomic mass is 9.94. The molecular weight excluding hydrogens is 216 g/mol. The monoisotopic (exact) mass is 242 g/mol. The van der Waals surface area contributed by atoms with Gasteiger partial charge in [0.2, 0.25) is 0 Å². The van der Waals surface area contributed by atoms with Crippen molar-refractivity contribution in [3.05, 3.63) is 0 Å². The van der Waals surface area contributed by atoms with Gasteiger partial charge in [-0.3, -0.25) is 4.90 Å². The minimum absolute atomic E-state index is 0.462. The summed E-state index contributed by atoms with van der Waals surface area (Å²) < 4.78 is 0. The van der Waals surface area contributed by atoms with Crippen LogP contribution in [-0.4, -0.2) is 41.6 Å². The van der Waals surface area contributed by atoms with Gasteiger partial charge in [-0.1, -0.05) is 19.3 Å². The van der Waals surface area contributed by atoms with Crippen LogP contribution >= 0.6 is 11.8 Å². The van der Waals surface area contributed by atoms with Gasteiger partial charge in [-0.15, -0.1) is 0 Å². The molecule has 2 nitrogen and oxygen atoms in total. The Morgan fingerprint density at radius 3 is 2.88 bits per heavy atom. The number of nitrogens with two attached hydrogens (primary N) is 1. The molecule has 2 rings (SSSR count). The molecule has 1 aliphatic heterocycles. The third-order valence-electron chi connectivity index (χ3n) is 4.19. The Labute approximate surface area is 104 Å². The average Bonchev–Trinajstić information content (AvgIpc) is 2.48. The molecule has 1 heterocycles. The highest BCUT2D eigenvalue weighted by Gasteiger charge is 2.26. The van der Waals surface area contributed by atoms with Crippen LogP contribution in [0.15, 0.2) is 0 Å². The zero-order valence-corrected chi connectivity index (χ0v) is 11.3. The topological polar surface area (TPSA) is 29.3 Å². The van der Waals surface area contributed by atoms with E-state index in [0.29, 0.717) is 6.04 Å². The summed E-state index contributed by atoms with van der Waals surface area (Å²) in [4.78, 5) is 2.67. The molecule has 1 saturated heterocycles. The van der Waals surface area contributed by atoms with Gasteiger partial charge in [-0.05, 0) is 25.7 Å². The maximum atomic E-state index is 6.31. The van der Waals surface area contributed by atoms with Crippen molar-refractivity contribution in [2.75, 3.05) is 24.6 Å². The van der Waals surface area contributed by atoms with Crippen LogP contribution in [0.25, 0.3) is 0 Å². The molecule has 2 fully saturated rings. The molecule has 0 amide bonds. The van der Waals surface area contributed by atoms with E-state index in [1.54, 1.807) is 0 Å². The van der Waals surface area contributed by atoms with Gasteiger partial charge in [0, 0.05) is 36.7 Å². The Morgan fingerprint density at radius 2 is 2.06 bits per heavy atom. The molecule has 3 atom stereocenters. The van der Waals surface area contributed by atoms with E-state index < -0.39 is 0 Å². The Balaban J connectivity index is 1.86. The highest BCUT2D eigenvalue weighted by atomic mass is 32.2. The fourth-order valence-corrected chi connectivity index (χ4v) is 4.06. The minimum atomic E-state index is 0.462. The zero-order chi connectivity index (χ0) is 11.4. The van der Waals surface area contributed by atoms with Crippen LogP contribution in [0.4, 0.5) is 0 Å². The van der Waals surface area contributed by atoms with Crippen molar-refractivity contribution in [1.29, 1.82) is 0 Å². The molecule has 1 saturated carbocycles. The highest BCUT2D eigenvalue weighted by Crippen LogP contribution is 2.25. The predicted octanol–water partition coefficient (Wildman–Crippen LogP) is 2.33. The van der Waals surface area contributed by atoms with E-state index in [2.05, 4.69) is 23.6 Å². The number of hydrogen-bond acceptors (Lipinski definition) is 3. The van der Waals surface area contributed by atoms with E-state index in [1.165, 1.54) is 56.7 Å². The standard InChI is InChI=1S/C13H26N2S/c1-11-10-16-8-7-15(11)9-12-5-3-2-4-6-13(12)14/h11-13H,2-10,14H2,1H3. The van der Waals surface area contributed by atoms with Gasteiger partial charge >= 0.3 is 0 Å². The third kappa shape index (κ3) is 3.38. The van der Waals surface area contributed by atoms with Crippen LogP contribution in [0.2, 0.25) is 0 Å². The number of rotatable bonds is 2. The SMILES string of the molecule is CC1CSCCN1CC1CCCCCC1N. The smallest absolute Gasteiger partial charge is 0.0158 e. The molecule has 2 aliphatic rings. The first-order valence-corrected chi connectivity index (χ1v) is 8.00. The molecule has 0 aromatic heterocycles. The Bertz CT molecular complexity index is 210. The molecule has 3 unspecified atom stereocenters. The van der Waals surface area contributed by atoms with Crippen LogP contribution in [0.5, 0.6) is 0 Å². The first-order valence-electron chi connectivity index (χ1n) is 6.85. The largest absolute Gasteiger partial charge is 0.327 e. The minimum Gasteiger partial charge on any atom is -0.327 e. The van der Waals surface area contributed by atoms with Crippen LogP contribution in [0.1, 0.15) is 39.0 Å². The molecule has 0 spiro atoms. The molecule has 0 aromatic carbocycles. The second kappa shape index (κ2) is 6.27. The van der Waals surface area contributed by atoms with E-state index in [-0.39, 0.29) is 0 Å². The first-order chi connectivity index (χ1) is 7.77. The summed E-state index contributed by atoms with van der Waals surface area (Å²) >= 11 is 2.10. The third-order valence-corrected chi connectivity index (χ3v) is 5.38. The fourth-order valence-electron chi connectivity index (χ4n) is 2.97. The van der Waals surface area contributed by atoms with Crippen LogP contribution in [0.3, 0.4) is 0 Å². The maximum Gasteiger partial charge on any atom is 0.0158 e. The molecule has 16 heavy (non-hydrogen) atoms. The molecule has 2 N–H and O–H groups in total. The molecule has 0 aromatic rings. The van der Waals surface area contributed by atoms with Crippen LogP contribution < -0.4 is 5.73 Å². The van der Waals surface area contributed by atoms with E-state index in [1.807, 2.05) is 0 Å². The lowest BCUT2D eigenvalue weighted by molar-refractivity contribution is 0.177. The lowest BCUT2D eigenvalue weighted by Gasteiger charge is -2.36. The summed E-state index contributed by atoms with van der Waals surface area (Å²) in [6.07, 6.45) is 6.76. The first kappa shape index (κ1) is 12.7. The summed E-state index contributed by atoms with van der Waals surface area (Å²) in [5.41, 5.74) is 6.31. The Hall–Kier alpha value is 0.270.